The highest BCUT2D eigenvalue weighted by molar-refractivity contribution is 6.30. The van der Waals surface area contributed by atoms with E-state index in [1.165, 1.54) is 12.4 Å². The molecule has 1 amide bonds. The van der Waals surface area contributed by atoms with Crippen molar-refractivity contribution in [1.82, 2.24) is 9.97 Å². The third kappa shape index (κ3) is 4.65. The van der Waals surface area contributed by atoms with Crippen LogP contribution in [0.25, 0.3) is 0 Å². The second-order valence-electron chi connectivity index (χ2n) is 5.44. The summed E-state index contributed by atoms with van der Waals surface area (Å²) in [5, 5.41) is 6.42. The molecule has 0 aliphatic heterocycles. The molecule has 0 bridgehead atoms. The molecule has 8 heteroatoms. The van der Waals surface area contributed by atoms with Crippen molar-refractivity contribution in [2.75, 3.05) is 24.9 Å². The fourth-order valence-electron chi connectivity index (χ4n) is 2.29. The van der Waals surface area contributed by atoms with E-state index in [-0.39, 0.29) is 11.6 Å². The van der Waals surface area contributed by atoms with Crippen LogP contribution < -0.4 is 20.1 Å². The number of carbonyl (C=O) groups excluding carboxylic acids is 1. The summed E-state index contributed by atoms with van der Waals surface area (Å²) in [6.07, 6.45) is 2.86. The van der Waals surface area contributed by atoms with Gasteiger partial charge in [-0.25, -0.2) is 9.97 Å². The van der Waals surface area contributed by atoms with Gasteiger partial charge in [0.25, 0.3) is 5.91 Å². The van der Waals surface area contributed by atoms with Gasteiger partial charge >= 0.3 is 0 Å². The SMILES string of the molecule is COc1ccc(OC)c(Nc2cnc(C(=O)Nc3ccc(Cl)cc3)cn2)c1. The van der Waals surface area contributed by atoms with Crippen molar-refractivity contribution in [2.45, 2.75) is 0 Å². The Morgan fingerprint density at radius 2 is 1.78 bits per heavy atom. The van der Waals surface area contributed by atoms with Crippen LogP contribution in [0.4, 0.5) is 17.2 Å². The summed E-state index contributed by atoms with van der Waals surface area (Å²) < 4.78 is 10.5. The molecule has 0 fully saturated rings. The van der Waals surface area contributed by atoms with Crippen LogP contribution in [-0.2, 0) is 0 Å². The molecule has 0 saturated heterocycles. The normalized spacial score (nSPS) is 10.2. The summed E-state index contributed by atoms with van der Waals surface area (Å²) in [5.41, 5.74) is 1.48. The number of hydrogen-bond acceptors (Lipinski definition) is 6. The number of benzene rings is 2. The Kier molecular flexibility index (Phi) is 5.73. The Hall–Kier alpha value is -3.32. The largest absolute Gasteiger partial charge is 0.497 e. The number of anilines is 3. The number of carbonyl (C=O) groups is 1. The van der Waals surface area contributed by atoms with Crippen LogP contribution in [-0.4, -0.2) is 30.1 Å². The van der Waals surface area contributed by atoms with Crippen molar-refractivity contribution in [3.05, 3.63) is 65.6 Å². The summed E-state index contributed by atoms with van der Waals surface area (Å²) in [6, 6.07) is 12.1. The fourth-order valence-corrected chi connectivity index (χ4v) is 2.41. The molecule has 3 rings (SSSR count). The van der Waals surface area contributed by atoms with E-state index in [0.29, 0.717) is 33.7 Å². The molecule has 0 spiro atoms. The van der Waals surface area contributed by atoms with Gasteiger partial charge in [-0.15, -0.1) is 0 Å². The fraction of sp³-hybridized carbons (Fsp3) is 0.105. The maximum Gasteiger partial charge on any atom is 0.275 e. The van der Waals surface area contributed by atoms with E-state index >= 15 is 0 Å². The number of halogens is 1. The Balaban J connectivity index is 1.72. The van der Waals surface area contributed by atoms with Crippen LogP contribution in [0, 0.1) is 0 Å². The monoisotopic (exact) mass is 384 g/mol. The lowest BCUT2D eigenvalue weighted by Crippen LogP contribution is -2.14. The maximum atomic E-state index is 12.2. The van der Waals surface area contributed by atoms with Gasteiger partial charge in [-0.2, -0.15) is 0 Å². The van der Waals surface area contributed by atoms with Gasteiger partial charge in [-0.3, -0.25) is 4.79 Å². The lowest BCUT2D eigenvalue weighted by molar-refractivity contribution is 0.102. The van der Waals surface area contributed by atoms with Crippen molar-refractivity contribution in [3.63, 3.8) is 0 Å². The van der Waals surface area contributed by atoms with E-state index in [2.05, 4.69) is 20.6 Å². The number of ether oxygens (including phenoxy) is 2. The molecule has 7 nitrogen and oxygen atoms in total. The molecule has 0 unspecified atom stereocenters. The average Bonchev–Trinajstić information content (AvgIpc) is 2.70. The molecule has 138 valence electrons. The molecule has 27 heavy (non-hydrogen) atoms. The Bertz CT molecular complexity index is 931. The van der Waals surface area contributed by atoms with Gasteiger partial charge in [0, 0.05) is 16.8 Å². The zero-order valence-corrected chi connectivity index (χ0v) is 15.4. The Labute approximate surface area is 161 Å². The predicted octanol–water partition coefficient (Wildman–Crippen LogP) is 4.14. The van der Waals surface area contributed by atoms with Crippen LogP contribution >= 0.6 is 11.6 Å². The first-order valence-corrected chi connectivity index (χ1v) is 8.35. The highest BCUT2D eigenvalue weighted by atomic mass is 35.5. The Morgan fingerprint density at radius 3 is 2.41 bits per heavy atom. The zero-order valence-electron chi connectivity index (χ0n) is 14.7. The minimum Gasteiger partial charge on any atom is -0.497 e. The van der Waals surface area contributed by atoms with Crippen molar-refractivity contribution in [2.24, 2.45) is 0 Å². The first-order chi connectivity index (χ1) is 13.1. The third-order valence-electron chi connectivity index (χ3n) is 3.66. The summed E-state index contributed by atoms with van der Waals surface area (Å²) in [6.45, 7) is 0. The molecule has 0 atom stereocenters. The van der Waals surface area contributed by atoms with Crippen molar-refractivity contribution < 1.29 is 14.3 Å². The average molecular weight is 385 g/mol. The highest BCUT2D eigenvalue weighted by Gasteiger charge is 2.10. The molecule has 3 aromatic rings. The number of amides is 1. The number of methoxy groups -OCH3 is 2. The number of rotatable bonds is 6. The minimum atomic E-state index is -0.365. The Morgan fingerprint density at radius 1 is 1.00 bits per heavy atom. The first-order valence-electron chi connectivity index (χ1n) is 7.97. The van der Waals surface area contributed by atoms with Crippen LogP contribution in [0.5, 0.6) is 11.5 Å². The van der Waals surface area contributed by atoms with Gasteiger partial charge in [0.05, 0.1) is 32.3 Å². The van der Waals surface area contributed by atoms with Crippen molar-refractivity contribution in [1.29, 1.82) is 0 Å². The van der Waals surface area contributed by atoms with Gasteiger partial charge in [0.1, 0.15) is 23.0 Å². The molecule has 1 aromatic heterocycles. The van der Waals surface area contributed by atoms with E-state index in [4.69, 9.17) is 21.1 Å². The van der Waals surface area contributed by atoms with Crippen LogP contribution in [0.1, 0.15) is 10.5 Å². The number of hydrogen-bond donors (Lipinski definition) is 2. The van der Waals surface area contributed by atoms with Crippen LogP contribution in [0.3, 0.4) is 0 Å². The molecule has 2 N–H and O–H groups in total. The van der Waals surface area contributed by atoms with E-state index in [1.54, 1.807) is 56.7 Å². The quantitative estimate of drug-likeness (QED) is 0.664. The maximum absolute atomic E-state index is 12.2. The van der Waals surface area contributed by atoms with Crippen molar-refractivity contribution in [3.8, 4) is 11.5 Å². The minimum absolute atomic E-state index is 0.188. The second kappa shape index (κ2) is 8.37. The van der Waals surface area contributed by atoms with Crippen LogP contribution in [0.15, 0.2) is 54.9 Å². The molecule has 1 heterocycles. The van der Waals surface area contributed by atoms with E-state index in [1.807, 2.05) is 0 Å². The van der Waals surface area contributed by atoms with E-state index in [9.17, 15) is 4.79 Å². The summed E-state index contributed by atoms with van der Waals surface area (Å²) in [4.78, 5) is 20.6. The lowest BCUT2D eigenvalue weighted by Gasteiger charge is -2.12. The standard InChI is InChI=1S/C19H17ClN4O3/c1-26-14-7-8-17(27-2)15(9-14)24-18-11-21-16(10-22-18)19(25)23-13-5-3-12(20)4-6-13/h3-11H,1-2H3,(H,22,24)(H,23,25). The molecule has 0 aliphatic rings. The molecule has 2 aromatic carbocycles. The lowest BCUT2D eigenvalue weighted by atomic mass is 10.2. The predicted molar refractivity (Wildman–Crippen MR) is 104 cm³/mol. The van der Waals surface area contributed by atoms with E-state index < -0.39 is 0 Å². The zero-order chi connectivity index (χ0) is 19.2. The topological polar surface area (TPSA) is 85.4 Å². The number of nitrogens with one attached hydrogen (secondary N) is 2. The molecular formula is C19H17ClN4O3. The highest BCUT2D eigenvalue weighted by Crippen LogP contribution is 2.30. The summed E-state index contributed by atoms with van der Waals surface area (Å²) >= 11 is 5.83. The van der Waals surface area contributed by atoms with Gasteiger partial charge in [-0.05, 0) is 36.4 Å². The number of aromatic nitrogens is 2. The third-order valence-corrected chi connectivity index (χ3v) is 3.91. The summed E-state index contributed by atoms with van der Waals surface area (Å²) in [5.74, 6) is 1.40. The molecule has 0 saturated carbocycles. The van der Waals surface area contributed by atoms with Crippen LogP contribution in [0.2, 0.25) is 5.02 Å². The van der Waals surface area contributed by atoms with Gasteiger partial charge in [0.15, 0.2) is 0 Å². The smallest absolute Gasteiger partial charge is 0.275 e. The molecule has 0 aliphatic carbocycles. The molecular weight excluding hydrogens is 368 g/mol. The van der Waals surface area contributed by atoms with E-state index in [0.717, 1.165) is 0 Å². The van der Waals surface area contributed by atoms with Gasteiger partial charge in [-0.1, -0.05) is 11.6 Å². The number of nitrogens with zero attached hydrogens (tertiary/aromatic N) is 2. The molecule has 0 radical (unpaired) electrons. The van der Waals surface area contributed by atoms with Gasteiger partial charge < -0.3 is 20.1 Å². The van der Waals surface area contributed by atoms with Gasteiger partial charge in [0.2, 0.25) is 0 Å². The van der Waals surface area contributed by atoms with Crippen molar-refractivity contribution >= 4 is 34.7 Å². The summed E-state index contributed by atoms with van der Waals surface area (Å²) in [7, 11) is 3.16. The first kappa shape index (κ1) is 18.5. The second-order valence-corrected chi connectivity index (χ2v) is 5.88.